The number of hydrogen-bond acceptors (Lipinski definition) is 4. The number of aromatic nitrogens is 2. The summed E-state index contributed by atoms with van der Waals surface area (Å²) in [6.07, 6.45) is 1.88. The fourth-order valence-electron chi connectivity index (χ4n) is 3.57. The Kier molecular flexibility index (Phi) is 6.31. The predicted octanol–water partition coefficient (Wildman–Crippen LogP) is 5.75. The van der Waals surface area contributed by atoms with Crippen LogP contribution in [0.5, 0.6) is 5.75 Å². The van der Waals surface area contributed by atoms with Crippen LogP contribution in [0.15, 0.2) is 85.1 Å². The Morgan fingerprint density at radius 3 is 2.50 bits per heavy atom. The maximum atomic E-state index is 13.8. The first kappa shape index (κ1) is 21.3. The van der Waals surface area contributed by atoms with E-state index in [0.29, 0.717) is 29.2 Å². The molecule has 1 atom stereocenters. The standard InChI is InChI=1S/C26H24FN3O2/c1-3-30-17-23(18-8-5-4-6-9-18)25(29-30)26(31)24(19-12-14-20(27)15-13-19)28-21-10-7-11-22(16-21)32-2/h4-17,24,28H,3H2,1-2H3. The van der Waals surface area contributed by atoms with Crippen molar-refractivity contribution >= 4 is 11.5 Å². The third-order valence-electron chi connectivity index (χ3n) is 5.25. The van der Waals surface area contributed by atoms with E-state index in [2.05, 4.69) is 10.4 Å². The normalized spacial score (nSPS) is 11.7. The van der Waals surface area contributed by atoms with Crippen LogP contribution in [0.25, 0.3) is 11.1 Å². The number of nitrogens with one attached hydrogen (secondary N) is 1. The van der Waals surface area contributed by atoms with Crippen molar-refractivity contribution in [3.8, 4) is 16.9 Å². The van der Waals surface area contributed by atoms with Gasteiger partial charge in [-0.05, 0) is 42.3 Å². The summed E-state index contributed by atoms with van der Waals surface area (Å²) in [5, 5.41) is 7.87. The maximum Gasteiger partial charge on any atom is 0.210 e. The van der Waals surface area contributed by atoms with Crippen molar-refractivity contribution in [2.24, 2.45) is 0 Å². The zero-order valence-electron chi connectivity index (χ0n) is 18.0. The van der Waals surface area contributed by atoms with Crippen molar-refractivity contribution in [1.82, 2.24) is 9.78 Å². The molecule has 1 aromatic heterocycles. The molecule has 4 rings (SSSR count). The van der Waals surface area contributed by atoms with Crippen LogP contribution in [0.4, 0.5) is 10.1 Å². The van der Waals surface area contributed by atoms with Crippen LogP contribution in [-0.2, 0) is 6.54 Å². The molecule has 1 unspecified atom stereocenters. The molecule has 1 N–H and O–H groups in total. The average molecular weight is 429 g/mol. The summed E-state index contributed by atoms with van der Waals surface area (Å²) in [4.78, 5) is 13.8. The van der Waals surface area contributed by atoms with Crippen LogP contribution in [0, 0.1) is 5.82 Å². The van der Waals surface area contributed by atoms with Crippen molar-refractivity contribution in [2.75, 3.05) is 12.4 Å². The number of Topliss-reactive ketones (excluding diaryl/α,β-unsaturated/α-hetero) is 1. The van der Waals surface area contributed by atoms with E-state index in [0.717, 1.165) is 11.1 Å². The van der Waals surface area contributed by atoms with Crippen molar-refractivity contribution < 1.29 is 13.9 Å². The first-order chi connectivity index (χ1) is 15.6. The number of ether oxygens (including phenoxy) is 1. The van der Waals surface area contributed by atoms with E-state index >= 15 is 0 Å². The largest absolute Gasteiger partial charge is 0.497 e. The second kappa shape index (κ2) is 9.47. The van der Waals surface area contributed by atoms with Crippen molar-refractivity contribution in [3.05, 3.63) is 102 Å². The molecule has 32 heavy (non-hydrogen) atoms. The second-order valence-electron chi connectivity index (χ2n) is 7.34. The number of hydrogen-bond donors (Lipinski definition) is 1. The molecule has 162 valence electrons. The summed E-state index contributed by atoms with van der Waals surface area (Å²) in [6, 6.07) is 22.2. The summed E-state index contributed by atoms with van der Waals surface area (Å²) >= 11 is 0. The third kappa shape index (κ3) is 4.54. The monoisotopic (exact) mass is 429 g/mol. The Hall–Kier alpha value is -3.93. The van der Waals surface area contributed by atoms with Crippen molar-refractivity contribution in [3.63, 3.8) is 0 Å². The molecule has 6 heteroatoms. The Labute approximate surface area is 186 Å². The lowest BCUT2D eigenvalue weighted by Gasteiger charge is -2.19. The molecule has 5 nitrogen and oxygen atoms in total. The van der Waals surface area contributed by atoms with Gasteiger partial charge in [0.05, 0.1) is 7.11 Å². The lowest BCUT2D eigenvalue weighted by atomic mass is 9.96. The lowest BCUT2D eigenvalue weighted by molar-refractivity contribution is 0.0964. The average Bonchev–Trinajstić information content (AvgIpc) is 3.28. The SMILES string of the molecule is CCn1cc(-c2ccccc2)c(C(=O)C(Nc2cccc(OC)c2)c2ccc(F)cc2)n1. The fraction of sp³-hybridized carbons (Fsp3) is 0.154. The van der Waals surface area contributed by atoms with E-state index in [1.54, 1.807) is 23.9 Å². The minimum Gasteiger partial charge on any atom is -0.497 e. The number of rotatable bonds is 8. The van der Waals surface area contributed by atoms with E-state index in [-0.39, 0.29) is 11.6 Å². The molecule has 0 aliphatic heterocycles. The van der Waals surface area contributed by atoms with E-state index in [1.807, 2.05) is 67.7 Å². The molecular weight excluding hydrogens is 405 g/mol. The molecule has 0 amide bonds. The van der Waals surface area contributed by atoms with E-state index in [1.165, 1.54) is 12.1 Å². The highest BCUT2D eigenvalue weighted by atomic mass is 19.1. The molecule has 0 spiro atoms. The van der Waals surface area contributed by atoms with Gasteiger partial charge in [0, 0.05) is 30.1 Å². The molecule has 0 fully saturated rings. The topological polar surface area (TPSA) is 56.2 Å². The van der Waals surface area contributed by atoms with Crippen LogP contribution in [0.2, 0.25) is 0 Å². The molecular formula is C26H24FN3O2. The van der Waals surface area contributed by atoms with Gasteiger partial charge in [0.2, 0.25) is 5.78 Å². The number of nitrogens with zero attached hydrogens (tertiary/aromatic N) is 2. The highest BCUT2D eigenvalue weighted by Crippen LogP contribution is 2.30. The highest BCUT2D eigenvalue weighted by Gasteiger charge is 2.28. The third-order valence-corrected chi connectivity index (χ3v) is 5.25. The van der Waals surface area contributed by atoms with Gasteiger partial charge in [-0.1, -0.05) is 48.5 Å². The molecule has 0 bridgehead atoms. The molecule has 4 aromatic rings. The summed E-state index contributed by atoms with van der Waals surface area (Å²) in [6.45, 7) is 2.61. The Bertz CT molecular complexity index is 1200. The zero-order valence-corrected chi connectivity index (χ0v) is 18.0. The number of anilines is 1. The number of carbonyl (C=O) groups is 1. The van der Waals surface area contributed by atoms with Gasteiger partial charge < -0.3 is 10.1 Å². The maximum absolute atomic E-state index is 13.8. The molecule has 0 saturated heterocycles. The number of halogens is 1. The molecule has 0 radical (unpaired) electrons. The number of carbonyl (C=O) groups excluding carboxylic acids is 1. The Balaban J connectivity index is 1.78. The molecule has 1 heterocycles. The van der Waals surface area contributed by atoms with Crippen molar-refractivity contribution in [1.29, 1.82) is 0 Å². The Morgan fingerprint density at radius 1 is 1.06 bits per heavy atom. The van der Waals surface area contributed by atoms with Gasteiger partial charge in [0.15, 0.2) is 0 Å². The highest BCUT2D eigenvalue weighted by molar-refractivity contribution is 6.05. The molecule has 0 aliphatic carbocycles. The minimum absolute atomic E-state index is 0.203. The Morgan fingerprint density at radius 2 is 1.81 bits per heavy atom. The van der Waals surface area contributed by atoms with Crippen LogP contribution >= 0.6 is 0 Å². The molecule has 0 aliphatic rings. The van der Waals surface area contributed by atoms with Crippen molar-refractivity contribution in [2.45, 2.75) is 19.5 Å². The number of benzene rings is 3. The first-order valence-corrected chi connectivity index (χ1v) is 10.4. The first-order valence-electron chi connectivity index (χ1n) is 10.4. The number of methoxy groups -OCH3 is 1. The number of aryl methyl sites for hydroxylation is 1. The summed E-state index contributed by atoms with van der Waals surface area (Å²) < 4.78 is 20.7. The van der Waals surface area contributed by atoms with E-state index in [4.69, 9.17) is 4.74 Å². The van der Waals surface area contributed by atoms with Gasteiger partial charge in [0.1, 0.15) is 23.3 Å². The van der Waals surface area contributed by atoms with E-state index in [9.17, 15) is 9.18 Å². The van der Waals surface area contributed by atoms with Crippen LogP contribution < -0.4 is 10.1 Å². The zero-order chi connectivity index (χ0) is 22.5. The van der Waals surface area contributed by atoms with Gasteiger partial charge in [0.25, 0.3) is 0 Å². The van der Waals surface area contributed by atoms with E-state index < -0.39 is 6.04 Å². The number of ketones is 1. The second-order valence-corrected chi connectivity index (χ2v) is 7.34. The van der Waals surface area contributed by atoms with Gasteiger partial charge in [-0.2, -0.15) is 5.10 Å². The van der Waals surface area contributed by atoms with Gasteiger partial charge in [-0.15, -0.1) is 0 Å². The van der Waals surface area contributed by atoms with Gasteiger partial charge in [-0.25, -0.2) is 4.39 Å². The van der Waals surface area contributed by atoms with Gasteiger partial charge in [-0.3, -0.25) is 9.48 Å². The lowest BCUT2D eigenvalue weighted by Crippen LogP contribution is -2.22. The summed E-state index contributed by atoms with van der Waals surface area (Å²) in [5.41, 5.74) is 3.39. The fourth-order valence-corrected chi connectivity index (χ4v) is 3.57. The van der Waals surface area contributed by atoms with Crippen LogP contribution in [0.3, 0.4) is 0 Å². The minimum atomic E-state index is -0.759. The summed E-state index contributed by atoms with van der Waals surface area (Å²) in [7, 11) is 1.59. The molecule has 3 aromatic carbocycles. The smallest absolute Gasteiger partial charge is 0.210 e. The summed E-state index contributed by atoms with van der Waals surface area (Å²) in [5.74, 6) is 0.104. The molecule has 0 saturated carbocycles. The predicted molar refractivity (Wildman–Crippen MR) is 123 cm³/mol. The quantitative estimate of drug-likeness (QED) is 0.362. The van der Waals surface area contributed by atoms with Gasteiger partial charge >= 0.3 is 0 Å². The van der Waals surface area contributed by atoms with Crippen LogP contribution in [-0.4, -0.2) is 22.7 Å². The van der Waals surface area contributed by atoms with Crippen LogP contribution in [0.1, 0.15) is 29.0 Å².